The number of hydrogen-bond acceptors (Lipinski definition) is 4. The van der Waals surface area contributed by atoms with Gasteiger partial charge in [-0.1, -0.05) is 45.2 Å². The van der Waals surface area contributed by atoms with Crippen molar-refractivity contribution in [1.29, 1.82) is 0 Å². The summed E-state index contributed by atoms with van der Waals surface area (Å²) in [5, 5.41) is 1.04. The fourth-order valence-corrected chi connectivity index (χ4v) is 3.96. The second-order valence-corrected chi connectivity index (χ2v) is 8.82. The number of anilines is 1. The number of rotatable bonds is 6. The number of aliphatic imine (C=N–C) groups is 1. The van der Waals surface area contributed by atoms with E-state index in [1.165, 1.54) is 5.69 Å². The highest BCUT2D eigenvalue weighted by Crippen LogP contribution is 2.27. The van der Waals surface area contributed by atoms with Crippen LogP contribution >= 0.6 is 39.1 Å². The van der Waals surface area contributed by atoms with Gasteiger partial charge >= 0.3 is 0 Å². The number of nitrogens with zero attached hydrogens (tertiary/aromatic N) is 2. The van der Waals surface area contributed by atoms with Gasteiger partial charge in [0, 0.05) is 35.0 Å². The fourth-order valence-electron chi connectivity index (χ4n) is 3.26. The summed E-state index contributed by atoms with van der Waals surface area (Å²) < 4.78 is 12.4. The van der Waals surface area contributed by atoms with Gasteiger partial charge in [0.2, 0.25) is 0 Å². The van der Waals surface area contributed by atoms with Gasteiger partial charge in [0.15, 0.2) is 0 Å². The third-order valence-corrected chi connectivity index (χ3v) is 6.16. The van der Waals surface area contributed by atoms with E-state index in [0.717, 1.165) is 53.3 Å². The van der Waals surface area contributed by atoms with Gasteiger partial charge in [-0.25, -0.2) is 0 Å². The maximum Gasteiger partial charge on any atom is 0.128 e. The van der Waals surface area contributed by atoms with Crippen LogP contribution in [-0.2, 0) is 11.3 Å². The van der Waals surface area contributed by atoms with Gasteiger partial charge in [0.05, 0.1) is 28.9 Å². The summed E-state index contributed by atoms with van der Waals surface area (Å²) >= 11 is 15.6. The van der Waals surface area contributed by atoms with Crippen molar-refractivity contribution in [2.24, 2.45) is 4.99 Å². The van der Waals surface area contributed by atoms with E-state index in [4.69, 9.17) is 32.7 Å². The van der Waals surface area contributed by atoms with Crippen molar-refractivity contribution in [3.63, 3.8) is 0 Å². The predicted molar refractivity (Wildman–Crippen MR) is 132 cm³/mol. The quantitative estimate of drug-likeness (QED) is 0.331. The van der Waals surface area contributed by atoms with Crippen LogP contribution in [0, 0.1) is 0 Å². The Morgan fingerprint density at radius 3 is 2.48 bits per heavy atom. The van der Waals surface area contributed by atoms with Crippen molar-refractivity contribution in [3.05, 3.63) is 86.3 Å². The molecule has 0 N–H and O–H groups in total. The zero-order valence-corrected chi connectivity index (χ0v) is 19.8. The van der Waals surface area contributed by atoms with Crippen LogP contribution in [0.25, 0.3) is 0 Å². The molecule has 1 aliphatic heterocycles. The van der Waals surface area contributed by atoms with Crippen LogP contribution in [0.1, 0.15) is 11.1 Å². The zero-order chi connectivity index (χ0) is 21.6. The molecule has 0 saturated carbocycles. The standard InChI is InChI=1S/C24H21BrCl2N2O2/c25-19-2-8-24(31-16-17-1-7-22(26)23(27)13-17)18(14-19)15-28-20-3-5-21(6-4-20)29-9-11-30-12-10-29/h1-8,13-15H,9-12,16H2. The van der Waals surface area contributed by atoms with Crippen molar-refractivity contribution in [2.45, 2.75) is 6.61 Å². The lowest BCUT2D eigenvalue weighted by molar-refractivity contribution is 0.122. The van der Waals surface area contributed by atoms with E-state index in [1.807, 2.05) is 48.7 Å². The highest BCUT2D eigenvalue weighted by Gasteiger charge is 2.10. The highest BCUT2D eigenvalue weighted by atomic mass is 79.9. The zero-order valence-electron chi connectivity index (χ0n) is 16.7. The molecule has 1 fully saturated rings. The number of benzene rings is 3. The largest absolute Gasteiger partial charge is 0.488 e. The summed E-state index contributed by atoms with van der Waals surface area (Å²) in [5.74, 6) is 0.739. The van der Waals surface area contributed by atoms with Gasteiger partial charge < -0.3 is 14.4 Å². The van der Waals surface area contributed by atoms with Crippen LogP contribution in [-0.4, -0.2) is 32.5 Å². The first kappa shape index (κ1) is 22.2. The maximum absolute atomic E-state index is 6.10. The van der Waals surface area contributed by atoms with Gasteiger partial charge in [-0.3, -0.25) is 4.99 Å². The molecule has 1 saturated heterocycles. The van der Waals surface area contributed by atoms with E-state index >= 15 is 0 Å². The van der Waals surface area contributed by atoms with E-state index in [-0.39, 0.29) is 0 Å². The lowest BCUT2D eigenvalue weighted by atomic mass is 10.2. The Morgan fingerprint density at radius 2 is 1.74 bits per heavy atom. The Kier molecular flexibility index (Phi) is 7.51. The Bertz CT molecular complexity index is 1070. The first-order valence-corrected chi connectivity index (χ1v) is 11.5. The normalized spacial score (nSPS) is 14.2. The van der Waals surface area contributed by atoms with Crippen LogP contribution in [0.5, 0.6) is 5.75 Å². The van der Waals surface area contributed by atoms with Gasteiger partial charge in [0.25, 0.3) is 0 Å². The Labute approximate surface area is 200 Å². The summed E-state index contributed by atoms with van der Waals surface area (Å²) in [6.07, 6.45) is 1.82. The molecule has 1 heterocycles. The minimum atomic E-state index is 0.383. The average Bonchev–Trinajstić information content (AvgIpc) is 2.80. The maximum atomic E-state index is 6.10. The van der Waals surface area contributed by atoms with Crippen LogP contribution in [0.2, 0.25) is 10.0 Å². The third-order valence-electron chi connectivity index (χ3n) is 4.93. The van der Waals surface area contributed by atoms with E-state index in [2.05, 4.69) is 38.0 Å². The fraction of sp³-hybridized carbons (Fsp3) is 0.208. The van der Waals surface area contributed by atoms with Crippen LogP contribution in [0.4, 0.5) is 11.4 Å². The molecule has 0 aromatic heterocycles. The molecule has 0 aliphatic carbocycles. The number of hydrogen-bond donors (Lipinski definition) is 0. The molecule has 1 aliphatic rings. The highest BCUT2D eigenvalue weighted by molar-refractivity contribution is 9.10. The molecule has 0 atom stereocenters. The average molecular weight is 520 g/mol. The molecule has 4 rings (SSSR count). The first-order chi connectivity index (χ1) is 15.1. The van der Waals surface area contributed by atoms with Crippen molar-refractivity contribution in [1.82, 2.24) is 0 Å². The third kappa shape index (κ3) is 6.01. The SMILES string of the molecule is Clc1ccc(COc2ccc(Br)cc2C=Nc2ccc(N3CCOCC3)cc2)cc1Cl. The molecule has 3 aromatic rings. The van der Waals surface area contributed by atoms with Crippen molar-refractivity contribution in [2.75, 3.05) is 31.2 Å². The minimum Gasteiger partial charge on any atom is -0.488 e. The second-order valence-electron chi connectivity index (χ2n) is 7.09. The molecule has 0 bridgehead atoms. The van der Waals surface area contributed by atoms with Gasteiger partial charge in [-0.2, -0.15) is 0 Å². The van der Waals surface area contributed by atoms with E-state index in [9.17, 15) is 0 Å². The summed E-state index contributed by atoms with van der Waals surface area (Å²) in [5.41, 5.74) is 3.90. The van der Waals surface area contributed by atoms with E-state index in [1.54, 1.807) is 6.07 Å². The lowest BCUT2D eigenvalue weighted by Crippen LogP contribution is -2.36. The van der Waals surface area contributed by atoms with E-state index < -0.39 is 0 Å². The predicted octanol–water partition coefficient (Wildman–Crippen LogP) is 6.92. The van der Waals surface area contributed by atoms with Gasteiger partial charge in [0.1, 0.15) is 12.4 Å². The number of morpholine rings is 1. The smallest absolute Gasteiger partial charge is 0.128 e. The van der Waals surface area contributed by atoms with Crippen LogP contribution < -0.4 is 9.64 Å². The molecule has 0 amide bonds. The van der Waals surface area contributed by atoms with Crippen LogP contribution in [0.15, 0.2) is 70.1 Å². The molecular weight excluding hydrogens is 499 g/mol. The molecule has 4 nitrogen and oxygen atoms in total. The number of halogens is 3. The molecule has 31 heavy (non-hydrogen) atoms. The molecule has 160 valence electrons. The number of ether oxygens (including phenoxy) is 2. The van der Waals surface area contributed by atoms with Crippen molar-refractivity contribution < 1.29 is 9.47 Å². The molecule has 3 aromatic carbocycles. The van der Waals surface area contributed by atoms with Gasteiger partial charge in [-0.05, 0) is 60.2 Å². The molecule has 0 spiro atoms. The monoisotopic (exact) mass is 518 g/mol. The van der Waals surface area contributed by atoms with Crippen LogP contribution in [0.3, 0.4) is 0 Å². The summed E-state index contributed by atoms with van der Waals surface area (Å²) in [7, 11) is 0. The summed E-state index contributed by atoms with van der Waals surface area (Å²) in [6.45, 7) is 3.76. The van der Waals surface area contributed by atoms with E-state index in [0.29, 0.717) is 16.7 Å². The van der Waals surface area contributed by atoms with Crippen molar-refractivity contribution >= 4 is 56.7 Å². The molecule has 0 radical (unpaired) electrons. The Balaban J connectivity index is 1.46. The molecule has 0 unspecified atom stereocenters. The molecular formula is C24H21BrCl2N2O2. The second kappa shape index (κ2) is 10.5. The topological polar surface area (TPSA) is 34.1 Å². The summed E-state index contributed by atoms with van der Waals surface area (Å²) in [4.78, 5) is 6.96. The van der Waals surface area contributed by atoms with Crippen molar-refractivity contribution in [3.8, 4) is 5.75 Å². The summed E-state index contributed by atoms with van der Waals surface area (Å²) in [6, 6.07) is 19.6. The Hall–Kier alpha value is -2.05. The molecule has 7 heteroatoms. The minimum absolute atomic E-state index is 0.383. The Morgan fingerprint density at radius 1 is 0.968 bits per heavy atom. The lowest BCUT2D eigenvalue weighted by Gasteiger charge is -2.28. The first-order valence-electron chi connectivity index (χ1n) is 9.91. The van der Waals surface area contributed by atoms with Gasteiger partial charge in [-0.15, -0.1) is 0 Å².